The number of halogens is 3. The van der Waals surface area contributed by atoms with Gasteiger partial charge < -0.3 is 14.7 Å². The Bertz CT molecular complexity index is 1150. The molecule has 2 aromatic carbocycles. The average molecular weight is 516 g/mol. The molecule has 2 aromatic rings. The zero-order valence-electron chi connectivity index (χ0n) is 21.0. The standard InChI is InChI=1S/C28H32F3N3O3/c1-17-25(14-26(35)36)34(32-27(17)28(29,30)31)21-10-6-18(7-11-21)12-24-19-8-9-20(24)16-33(15-19)22-4-3-5-23(13-22)37-2/h3-7,10-11,13,17,19-20,24-25H,8-9,12,14-16H2,1-2H3,(H,35,36)/t17-,19+,20+,25-/m0/s1. The number of hydrogen-bond donors (Lipinski definition) is 1. The molecule has 2 heterocycles. The highest BCUT2D eigenvalue weighted by molar-refractivity contribution is 5.95. The van der Waals surface area contributed by atoms with Gasteiger partial charge in [0.05, 0.1) is 25.3 Å². The largest absolute Gasteiger partial charge is 0.497 e. The third-order valence-corrected chi connectivity index (χ3v) is 8.33. The summed E-state index contributed by atoms with van der Waals surface area (Å²) in [6, 6.07) is 14.8. The molecule has 1 saturated heterocycles. The molecule has 1 aliphatic carbocycles. The summed E-state index contributed by atoms with van der Waals surface area (Å²) in [5.74, 6) is 0.422. The molecule has 0 spiro atoms. The van der Waals surface area contributed by atoms with E-state index < -0.39 is 36.2 Å². The molecule has 6 nitrogen and oxygen atoms in total. The van der Waals surface area contributed by atoms with Crippen molar-refractivity contribution in [3.05, 3.63) is 54.1 Å². The van der Waals surface area contributed by atoms with E-state index in [0.717, 1.165) is 30.8 Å². The Kier molecular flexibility index (Phi) is 6.81. The highest BCUT2D eigenvalue weighted by Gasteiger charge is 2.49. The number of aliphatic carboxylic acids is 1. The van der Waals surface area contributed by atoms with Gasteiger partial charge >= 0.3 is 12.1 Å². The summed E-state index contributed by atoms with van der Waals surface area (Å²) < 4.78 is 45.8. The van der Waals surface area contributed by atoms with E-state index in [1.807, 2.05) is 24.3 Å². The van der Waals surface area contributed by atoms with Crippen LogP contribution in [-0.4, -0.2) is 49.2 Å². The van der Waals surface area contributed by atoms with E-state index in [4.69, 9.17) is 4.74 Å². The van der Waals surface area contributed by atoms with E-state index in [0.29, 0.717) is 23.4 Å². The van der Waals surface area contributed by atoms with E-state index in [2.05, 4.69) is 22.1 Å². The monoisotopic (exact) mass is 515 g/mol. The van der Waals surface area contributed by atoms with Gasteiger partial charge in [-0.05, 0) is 66.8 Å². The summed E-state index contributed by atoms with van der Waals surface area (Å²) >= 11 is 0. The number of carboxylic acids is 1. The zero-order valence-corrected chi connectivity index (χ0v) is 21.0. The van der Waals surface area contributed by atoms with Crippen LogP contribution in [-0.2, 0) is 11.2 Å². The maximum atomic E-state index is 13.5. The van der Waals surface area contributed by atoms with Crippen LogP contribution in [0.1, 0.15) is 31.7 Å². The molecule has 0 amide bonds. The lowest BCUT2D eigenvalue weighted by molar-refractivity contribution is -0.137. The van der Waals surface area contributed by atoms with E-state index >= 15 is 0 Å². The molecule has 1 N–H and O–H groups in total. The molecule has 4 atom stereocenters. The molecule has 5 rings (SSSR count). The number of alkyl halides is 3. The van der Waals surface area contributed by atoms with Gasteiger partial charge in [0.25, 0.3) is 0 Å². The zero-order chi connectivity index (χ0) is 26.3. The van der Waals surface area contributed by atoms with Crippen LogP contribution in [0.5, 0.6) is 5.75 Å². The molecule has 2 fully saturated rings. The lowest BCUT2D eigenvalue weighted by atomic mass is 9.80. The van der Waals surface area contributed by atoms with E-state index in [9.17, 15) is 23.1 Å². The Morgan fingerprint density at radius 2 is 1.76 bits per heavy atom. The summed E-state index contributed by atoms with van der Waals surface area (Å²) in [6.07, 6.45) is -1.69. The average Bonchev–Trinajstić information content (AvgIpc) is 3.29. The van der Waals surface area contributed by atoms with Crippen LogP contribution >= 0.6 is 0 Å². The van der Waals surface area contributed by atoms with Crippen molar-refractivity contribution in [1.82, 2.24) is 0 Å². The van der Waals surface area contributed by atoms with Gasteiger partial charge in [0.1, 0.15) is 11.5 Å². The van der Waals surface area contributed by atoms with Gasteiger partial charge in [-0.3, -0.25) is 9.80 Å². The maximum absolute atomic E-state index is 13.5. The minimum Gasteiger partial charge on any atom is -0.497 e. The number of methoxy groups -OCH3 is 1. The predicted molar refractivity (Wildman–Crippen MR) is 136 cm³/mol. The number of piperidine rings is 1. The third-order valence-electron chi connectivity index (χ3n) is 8.33. The first kappa shape index (κ1) is 25.4. The fourth-order valence-electron chi connectivity index (χ4n) is 6.43. The number of fused-ring (bicyclic) bond motifs is 2. The first-order valence-electron chi connectivity index (χ1n) is 12.8. The SMILES string of the molecule is COc1cccc(N2C[C@H]3CC[C@H](C2)C3Cc2ccc(N3N=C(C(F)(F)F)[C@@H](C)[C@@H]3CC(=O)O)cc2)c1. The number of carbonyl (C=O) groups is 1. The highest BCUT2D eigenvalue weighted by Crippen LogP contribution is 2.45. The van der Waals surface area contributed by atoms with Crippen molar-refractivity contribution in [3.8, 4) is 5.75 Å². The van der Waals surface area contributed by atoms with Gasteiger partial charge in [0.2, 0.25) is 0 Å². The van der Waals surface area contributed by atoms with Crippen LogP contribution in [0.15, 0.2) is 53.6 Å². The number of hydrazone groups is 1. The molecular formula is C28H32F3N3O3. The van der Waals surface area contributed by atoms with Crippen LogP contribution in [0, 0.1) is 23.7 Å². The van der Waals surface area contributed by atoms with Crippen molar-refractivity contribution in [2.24, 2.45) is 28.8 Å². The molecule has 198 valence electrons. The second kappa shape index (κ2) is 9.91. The molecule has 2 bridgehead atoms. The Labute approximate surface area is 214 Å². The number of rotatable bonds is 7. The second-order valence-corrected chi connectivity index (χ2v) is 10.5. The van der Waals surface area contributed by atoms with Crippen LogP contribution < -0.4 is 14.6 Å². The first-order chi connectivity index (χ1) is 17.6. The van der Waals surface area contributed by atoms with Crippen molar-refractivity contribution < 1.29 is 27.8 Å². The summed E-state index contributed by atoms with van der Waals surface area (Å²) in [5.41, 5.74) is 1.88. The third kappa shape index (κ3) is 5.13. The van der Waals surface area contributed by atoms with Gasteiger partial charge in [-0.15, -0.1) is 0 Å². The number of ether oxygens (including phenoxy) is 1. The molecule has 37 heavy (non-hydrogen) atoms. The molecule has 0 radical (unpaired) electrons. The summed E-state index contributed by atoms with van der Waals surface area (Å²) in [6.45, 7) is 3.40. The van der Waals surface area contributed by atoms with Crippen LogP contribution in [0.3, 0.4) is 0 Å². The molecule has 3 aliphatic rings. The summed E-state index contributed by atoms with van der Waals surface area (Å²) in [5, 5.41) is 14.3. The minimum absolute atomic E-state index is 0.415. The summed E-state index contributed by atoms with van der Waals surface area (Å²) in [7, 11) is 1.68. The number of carboxylic acid groups (broad SMARTS) is 1. The quantitative estimate of drug-likeness (QED) is 0.519. The fourth-order valence-corrected chi connectivity index (χ4v) is 6.43. The molecule has 9 heteroatoms. The first-order valence-corrected chi connectivity index (χ1v) is 12.8. The molecule has 0 unspecified atom stereocenters. The van der Waals surface area contributed by atoms with E-state index in [-0.39, 0.29) is 0 Å². The smallest absolute Gasteiger partial charge is 0.431 e. The lowest BCUT2D eigenvalue weighted by Crippen LogP contribution is -2.42. The van der Waals surface area contributed by atoms with Crippen molar-refractivity contribution in [1.29, 1.82) is 0 Å². The van der Waals surface area contributed by atoms with Gasteiger partial charge in [0.15, 0.2) is 0 Å². The van der Waals surface area contributed by atoms with Gasteiger partial charge in [-0.2, -0.15) is 18.3 Å². The molecular weight excluding hydrogens is 483 g/mol. The Morgan fingerprint density at radius 1 is 1.08 bits per heavy atom. The molecule has 2 aliphatic heterocycles. The van der Waals surface area contributed by atoms with Crippen molar-refractivity contribution >= 4 is 23.1 Å². The van der Waals surface area contributed by atoms with E-state index in [1.165, 1.54) is 30.5 Å². The number of nitrogens with zero attached hydrogens (tertiary/aromatic N) is 3. The molecule has 1 saturated carbocycles. The topological polar surface area (TPSA) is 65.4 Å². The van der Waals surface area contributed by atoms with Gasteiger partial charge in [-0.1, -0.05) is 25.1 Å². The Hall–Kier alpha value is -3.23. The Morgan fingerprint density at radius 3 is 2.35 bits per heavy atom. The fraction of sp³-hybridized carbons (Fsp3) is 0.500. The van der Waals surface area contributed by atoms with Gasteiger partial charge in [-0.25, -0.2) is 0 Å². The van der Waals surface area contributed by atoms with Gasteiger partial charge in [0, 0.05) is 30.8 Å². The molecule has 0 aromatic heterocycles. The second-order valence-electron chi connectivity index (χ2n) is 10.5. The van der Waals surface area contributed by atoms with Crippen LogP contribution in [0.2, 0.25) is 0 Å². The minimum atomic E-state index is -4.59. The Balaban J connectivity index is 1.29. The highest BCUT2D eigenvalue weighted by atomic mass is 19.4. The normalized spacial score (nSPS) is 27.4. The van der Waals surface area contributed by atoms with Crippen molar-refractivity contribution in [2.75, 3.05) is 30.1 Å². The predicted octanol–water partition coefficient (Wildman–Crippen LogP) is 5.62. The maximum Gasteiger partial charge on any atom is 0.431 e. The van der Waals surface area contributed by atoms with Crippen molar-refractivity contribution in [3.63, 3.8) is 0 Å². The van der Waals surface area contributed by atoms with Crippen molar-refractivity contribution in [2.45, 2.75) is 44.8 Å². The van der Waals surface area contributed by atoms with E-state index in [1.54, 1.807) is 19.2 Å². The number of anilines is 2. The number of benzene rings is 2. The lowest BCUT2D eigenvalue weighted by Gasteiger charge is -2.39. The van der Waals surface area contributed by atoms with Crippen LogP contribution in [0.4, 0.5) is 24.5 Å². The van der Waals surface area contributed by atoms with Crippen LogP contribution in [0.25, 0.3) is 0 Å². The summed E-state index contributed by atoms with van der Waals surface area (Å²) in [4.78, 5) is 13.8. The number of hydrogen-bond acceptors (Lipinski definition) is 5.